The van der Waals surface area contributed by atoms with Crippen LogP contribution in [-0.4, -0.2) is 10.9 Å². The van der Waals surface area contributed by atoms with Crippen LogP contribution in [0.15, 0.2) is 18.3 Å². The van der Waals surface area contributed by atoms with E-state index >= 15 is 0 Å². The maximum absolute atomic E-state index is 11.3. The molecule has 1 aromatic heterocycles. The zero-order valence-electron chi connectivity index (χ0n) is 14.2. The number of amides is 1. The van der Waals surface area contributed by atoms with Crippen molar-refractivity contribution in [1.29, 1.82) is 0 Å². The van der Waals surface area contributed by atoms with Crippen molar-refractivity contribution < 1.29 is 4.79 Å². The molecule has 1 N–H and O–H groups in total. The summed E-state index contributed by atoms with van der Waals surface area (Å²) < 4.78 is 0. The van der Waals surface area contributed by atoms with Crippen LogP contribution in [0.1, 0.15) is 57.2 Å². The highest BCUT2D eigenvalue weighted by Crippen LogP contribution is 2.32. The molecule has 0 fully saturated rings. The van der Waals surface area contributed by atoms with Crippen molar-refractivity contribution >= 4 is 22.5 Å². The van der Waals surface area contributed by atoms with Crippen LogP contribution < -0.4 is 5.32 Å². The monoisotopic (exact) mass is 286 g/mol. The molecule has 0 aliphatic rings. The number of rotatable bonds is 2. The normalized spacial score (nSPS) is 10.3. The number of carbonyl (C=O) groups is 1. The summed E-state index contributed by atoms with van der Waals surface area (Å²) in [4.78, 5) is 15.5. The van der Waals surface area contributed by atoms with E-state index in [4.69, 9.17) is 0 Å². The van der Waals surface area contributed by atoms with E-state index in [1.165, 1.54) is 23.6 Å². The standard InChI is InChI=1S/C16H20N2O.C2H6/c1-9(2)15-10(3)8-14-13(11(15)4)6-7-17-16(14)18-12(5)19;1-2/h6-9H,1-5H3,(H,17,18,19);1-2H3. The Hall–Kier alpha value is -1.90. The minimum atomic E-state index is -0.0942. The van der Waals surface area contributed by atoms with Crippen molar-refractivity contribution in [2.45, 2.75) is 54.4 Å². The van der Waals surface area contributed by atoms with E-state index in [0.29, 0.717) is 11.7 Å². The summed E-state index contributed by atoms with van der Waals surface area (Å²) in [6.07, 6.45) is 1.75. The molecule has 0 spiro atoms. The molecule has 114 valence electrons. The maximum Gasteiger partial charge on any atom is 0.222 e. The van der Waals surface area contributed by atoms with Crippen molar-refractivity contribution in [2.75, 3.05) is 5.32 Å². The Balaban J connectivity index is 0.00000106. The van der Waals surface area contributed by atoms with Gasteiger partial charge >= 0.3 is 0 Å². The second-order valence-corrected chi connectivity index (χ2v) is 5.32. The molecule has 0 aliphatic carbocycles. The first-order valence-corrected chi connectivity index (χ1v) is 7.58. The molecule has 1 amide bonds. The van der Waals surface area contributed by atoms with Gasteiger partial charge in [0.2, 0.25) is 5.91 Å². The summed E-state index contributed by atoms with van der Waals surface area (Å²) in [6.45, 7) is 14.2. The van der Waals surface area contributed by atoms with Crippen molar-refractivity contribution in [1.82, 2.24) is 4.98 Å². The molecule has 0 bridgehead atoms. The number of carbonyl (C=O) groups excluding carboxylic acids is 1. The van der Waals surface area contributed by atoms with Gasteiger partial charge in [0.05, 0.1) is 0 Å². The quantitative estimate of drug-likeness (QED) is 0.847. The molecule has 3 nitrogen and oxygen atoms in total. The molecule has 0 unspecified atom stereocenters. The summed E-state index contributed by atoms with van der Waals surface area (Å²) in [5.74, 6) is 1.04. The number of anilines is 1. The molecule has 0 radical (unpaired) electrons. The fourth-order valence-electron chi connectivity index (χ4n) is 2.84. The van der Waals surface area contributed by atoms with Crippen molar-refractivity contribution in [2.24, 2.45) is 0 Å². The van der Waals surface area contributed by atoms with Crippen LogP contribution in [0.5, 0.6) is 0 Å². The molecule has 0 saturated heterocycles. The van der Waals surface area contributed by atoms with E-state index in [9.17, 15) is 4.79 Å². The number of aryl methyl sites for hydroxylation is 2. The van der Waals surface area contributed by atoms with Gasteiger partial charge in [-0.1, -0.05) is 27.7 Å². The van der Waals surface area contributed by atoms with Gasteiger partial charge in [-0.15, -0.1) is 0 Å². The van der Waals surface area contributed by atoms with Gasteiger partial charge in [0, 0.05) is 18.5 Å². The third kappa shape index (κ3) is 3.60. The number of fused-ring (bicyclic) bond motifs is 1. The largest absolute Gasteiger partial charge is 0.310 e. The Kier molecular flexibility index (Phi) is 5.89. The number of hydrogen-bond donors (Lipinski definition) is 1. The lowest BCUT2D eigenvalue weighted by molar-refractivity contribution is -0.114. The zero-order valence-corrected chi connectivity index (χ0v) is 14.2. The van der Waals surface area contributed by atoms with Gasteiger partial charge in [0.15, 0.2) is 0 Å². The van der Waals surface area contributed by atoms with Gasteiger partial charge in [-0.2, -0.15) is 0 Å². The fraction of sp³-hybridized carbons (Fsp3) is 0.444. The van der Waals surface area contributed by atoms with Gasteiger partial charge in [-0.05, 0) is 54.0 Å². The summed E-state index contributed by atoms with van der Waals surface area (Å²) in [6, 6.07) is 4.14. The summed E-state index contributed by atoms with van der Waals surface area (Å²) >= 11 is 0. The smallest absolute Gasteiger partial charge is 0.222 e. The third-order valence-electron chi connectivity index (χ3n) is 3.46. The molecule has 3 heteroatoms. The van der Waals surface area contributed by atoms with Gasteiger partial charge in [0.1, 0.15) is 5.82 Å². The lowest BCUT2D eigenvalue weighted by atomic mass is 9.89. The van der Waals surface area contributed by atoms with E-state index in [1.807, 2.05) is 19.9 Å². The first-order valence-electron chi connectivity index (χ1n) is 7.58. The Morgan fingerprint density at radius 2 is 1.81 bits per heavy atom. The SMILES string of the molecule is CC.CC(=O)Nc1nccc2c(C)c(C(C)C)c(C)cc12. The Morgan fingerprint density at radius 3 is 2.33 bits per heavy atom. The van der Waals surface area contributed by atoms with Crippen molar-refractivity contribution in [3.05, 3.63) is 35.0 Å². The highest BCUT2D eigenvalue weighted by atomic mass is 16.1. The van der Waals surface area contributed by atoms with Crippen LogP contribution in [0.3, 0.4) is 0 Å². The first-order chi connectivity index (χ1) is 9.91. The van der Waals surface area contributed by atoms with E-state index in [2.05, 4.69) is 44.1 Å². The lowest BCUT2D eigenvalue weighted by Crippen LogP contribution is -2.08. The first kappa shape index (κ1) is 17.2. The van der Waals surface area contributed by atoms with Crippen LogP contribution in [0.25, 0.3) is 10.8 Å². The molecule has 0 aliphatic heterocycles. The van der Waals surface area contributed by atoms with Crippen LogP contribution in [0.4, 0.5) is 5.82 Å². The molecule has 1 heterocycles. The second kappa shape index (κ2) is 7.21. The molecule has 0 saturated carbocycles. The number of hydrogen-bond acceptors (Lipinski definition) is 2. The van der Waals surface area contributed by atoms with Crippen LogP contribution in [0.2, 0.25) is 0 Å². The predicted molar refractivity (Wildman–Crippen MR) is 91.0 cm³/mol. The summed E-state index contributed by atoms with van der Waals surface area (Å²) in [5.41, 5.74) is 3.91. The molecule has 1 aromatic carbocycles. The number of aromatic nitrogens is 1. The average molecular weight is 286 g/mol. The molecule has 2 rings (SSSR count). The highest BCUT2D eigenvalue weighted by Gasteiger charge is 2.13. The van der Waals surface area contributed by atoms with Gasteiger partial charge in [-0.3, -0.25) is 4.79 Å². The zero-order chi connectivity index (χ0) is 16.2. The Labute approximate surface area is 127 Å². The Morgan fingerprint density at radius 1 is 1.19 bits per heavy atom. The fourth-order valence-corrected chi connectivity index (χ4v) is 2.84. The average Bonchev–Trinajstić information content (AvgIpc) is 2.41. The highest BCUT2D eigenvalue weighted by molar-refractivity contribution is 6.01. The van der Waals surface area contributed by atoms with E-state index in [1.54, 1.807) is 6.20 Å². The molecular weight excluding hydrogens is 260 g/mol. The number of benzene rings is 1. The minimum absolute atomic E-state index is 0.0942. The van der Waals surface area contributed by atoms with Crippen LogP contribution in [-0.2, 0) is 4.79 Å². The minimum Gasteiger partial charge on any atom is -0.310 e. The van der Waals surface area contributed by atoms with E-state index < -0.39 is 0 Å². The predicted octanol–water partition coefficient (Wildman–Crippen LogP) is 4.96. The van der Waals surface area contributed by atoms with Crippen LogP contribution >= 0.6 is 0 Å². The molecule has 2 aromatic rings. The van der Waals surface area contributed by atoms with Crippen LogP contribution in [0, 0.1) is 13.8 Å². The number of nitrogens with zero attached hydrogens (tertiary/aromatic N) is 1. The number of pyridine rings is 1. The molecular formula is C18H26N2O. The summed E-state index contributed by atoms with van der Waals surface area (Å²) in [7, 11) is 0. The van der Waals surface area contributed by atoms with Gasteiger partial charge in [-0.25, -0.2) is 4.98 Å². The topological polar surface area (TPSA) is 42.0 Å². The maximum atomic E-state index is 11.3. The van der Waals surface area contributed by atoms with Crippen molar-refractivity contribution in [3.63, 3.8) is 0 Å². The van der Waals surface area contributed by atoms with Gasteiger partial charge < -0.3 is 5.32 Å². The van der Waals surface area contributed by atoms with Gasteiger partial charge in [0.25, 0.3) is 0 Å². The van der Waals surface area contributed by atoms with Crippen molar-refractivity contribution in [3.8, 4) is 0 Å². The number of nitrogens with one attached hydrogen (secondary N) is 1. The third-order valence-corrected chi connectivity index (χ3v) is 3.46. The van der Waals surface area contributed by atoms with E-state index in [0.717, 1.165) is 10.8 Å². The summed E-state index contributed by atoms with van der Waals surface area (Å²) in [5, 5.41) is 4.97. The van der Waals surface area contributed by atoms with E-state index in [-0.39, 0.29) is 5.91 Å². The molecule has 21 heavy (non-hydrogen) atoms. The Bertz CT molecular complexity index is 645. The lowest BCUT2D eigenvalue weighted by Gasteiger charge is -2.17. The molecule has 0 atom stereocenters. The second-order valence-electron chi connectivity index (χ2n) is 5.32.